The van der Waals surface area contributed by atoms with Crippen molar-refractivity contribution in [3.8, 4) is 5.75 Å². The first kappa shape index (κ1) is 31.9. The van der Waals surface area contributed by atoms with Crippen LogP contribution in [0.3, 0.4) is 0 Å². The van der Waals surface area contributed by atoms with Crippen LogP contribution in [-0.4, -0.2) is 51.1 Å². The Morgan fingerprint density at radius 2 is 1.81 bits per heavy atom. The third-order valence-electron chi connectivity index (χ3n) is 7.08. The second-order valence-corrected chi connectivity index (χ2v) is 16.3. The first-order chi connectivity index (χ1) is 20.4. The van der Waals surface area contributed by atoms with Gasteiger partial charge in [0, 0.05) is 46.9 Å². The Morgan fingerprint density at radius 3 is 2.51 bits per heavy atom. The van der Waals surface area contributed by atoms with Crippen LogP contribution >= 0.6 is 34.4 Å². The molecule has 1 aliphatic rings. The average molecular weight is 680 g/mol. The number of aromatic nitrogens is 1. The molecule has 0 bridgehead atoms. The van der Waals surface area contributed by atoms with Crippen molar-refractivity contribution in [3.63, 3.8) is 0 Å². The van der Waals surface area contributed by atoms with Gasteiger partial charge in [-0.1, -0.05) is 36.1 Å². The molecule has 43 heavy (non-hydrogen) atoms. The number of hydrogen-bond acceptors (Lipinski definition) is 11. The summed E-state index contributed by atoms with van der Waals surface area (Å²) in [4.78, 5) is 3.13. The zero-order valence-electron chi connectivity index (χ0n) is 23.9. The van der Waals surface area contributed by atoms with Crippen LogP contribution in [0.1, 0.15) is 36.8 Å². The van der Waals surface area contributed by atoms with Crippen molar-refractivity contribution in [1.82, 2.24) is 0 Å². The van der Waals surface area contributed by atoms with Gasteiger partial charge in [-0.05, 0) is 60.6 Å². The van der Waals surface area contributed by atoms with E-state index in [2.05, 4.69) is 34.6 Å². The van der Waals surface area contributed by atoms with E-state index in [4.69, 9.17) is 4.74 Å². The van der Waals surface area contributed by atoms with Crippen LogP contribution in [0.15, 0.2) is 57.3 Å². The van der Waals surface area contributed by atoms with Gasteiger partial charge in [0.2, 0.25) is 5.52 Å². The number of hydrogen-bond donors (Lipinski definition) is 0. The van der Waals surface area contributed by atoms with E-state index < -0.39 is 31.7 Å². The van der Waals surface area contributed by atoms with E-state index in [1.807, 2.05) is 36.6 Å². The fourth-order valence-corrected chi connectivity index (χ4v) is 9.43. The summed E-state index contributed by atoms with van der Waals surface area (Å²) in [6.07, 6.45) is 5.27. The third-order valence-corrected chi connectivity index (χ3v) is 11.8. The summed E-state index contributed by atoms with van der Waals surface area (Å²) in [5, 5.41) is 4.82. The lowest BCUT2D eigenvalue weighted by Crippen LogP contribution is -2.36. The summed E-state index contributed by atoms with van der Waals surface area (Å²) in [7, 11) is -7.03. The van der Waals surface area contributed by atoms with Crippen molar-refractivity contribution >= 4 is 86.7 Å². The minimum atomic E-state index is -4.35. The standard InChI is InChI=1S/C29H32N2O7S5/c1-4-20(16-26-30(10-5-13-42(32,33)34)22-15-19(2)7-8-24(22)40-26)17-27-31(11-6-14-43(35,36)37)28-25(41-27)18-23(38-3)21-9-12-39-29(21)28/h7-9,12,15-18H,4-6,10-11,13-14H2,1-3H3,(H-,32,33,34,35,36,37)/p-1. The van der Waals surface area contributed by atoms with Gasteiger partial charge in [-0.15, -0.1) is 11.3 Å². The monoisotopic (exact) mass is 679 g/mol. The molecule has 0 radical (unpaired) electrons. The van der Waals surface area contributed by atoms with E-state index in [0.29, 0.717) is 19.5 Å². The normalized spacial score (nSPS) is 15.2. The molecule has 2 aromatic carbocycles. The molecule has 3 heterocycles. The minimum Gasteiger partial charge on any atom is -0.748 e. The predicted molar refractivity (Wildman–Crippen MR) is 173 cm³/mol. The van der Waals surface area contributed by atoms with Gasteiger partial charge >= 0.3 is 0 Å². The highest BCUT2D eigenvalue weighted by atomic mass is 32.2. The van der Waals surface area contributed by atoms with Crippen LogP contribution in [0, 0.1) is 6.92 Å². The Morgan fingerprint density at radius 1 is 1.07 bits per heavy atom. The summed E-state index contributed by atoms with van der Waals surface area (Å²) in [5.74, 6) is -0.114. The number of fused-ring (bicyclic) bond motifs is 4. The summed E-state index contributed by atoms with van der Waals surface area (Å²) in [6.45, 7) is 4.80. The molecule has 0 N–H and O–H groups in total. The lowest BCUT2D eigenvalue weighted by Gasteiger charge is -2.21. The van der Waals surface area contributed by atoms with Crippen LogP contribution in [-0.2, 0) is 26.8 Å². The third kappa shape index (κ3) is 7.44. The van der Waals surface area contributed by atoms with E-state index in [-0.39, 0.29) is 12.8 Å². The smallest absolute Gasteiger partial charge is 0.263 e. The maximum Gasteiger partial charge on any atom is 0.263 e. The van der Waals surface area contributed by atoms with E-state index >= 15 is 0 Å². The van der Waals surface area contributed by atoms with Gasteiger partial charge in [-0.2, -0.15) is 4.57 Å². The van der Waals surface area contributed by atoms with Gasteiger partial charge in [0.05, 0.1) is 38.1 Å². The Kier molecular flexibility index (Phi) is 9.57. The molecule has 0 unspecified atom stereocenters. The number of ether oxygens (including phenoxy) is 1. The van der Waals surface area contributed by atoms with E-state index in [1.165, 1.54) is 0 Å². The van der Waals surface area contributed by atoms with E-state index in [1.54, 1.807) is 41.5 Å². The molecule has 14 heteroatoms. The maximum absolute atomic E-state index is 11.4. The summed E-state index contributed by atoms with van der Waals surface area (Å²) in [5.41, 5.74) is 4.06. The number of thiazole rings is 1. The molecule has 230 valence electrons. The zero-order chi connectivity index (χ0) is 30.9. The van der Waals surface area contributed by atoms with Crippen molar-refractivity contribution < 1.29 is 35.2 Å². The van der Waals surface area contributed by atoms with Crippen LogP contribution in [0.5, 0.6) is 5.75 Å². The molecule has 0 amide bonds. The van der Waals surface area contributed by atoms with Crippen molar-refractivity contribution in [2.24, 2.45) is 0 Å². The molecule has 4 aromatic rings. The van der Waals surface area contributed by atoms with Crippen LogP contribution in [0.4, 0.5) is 5.69 Å². The quantitative estimate of drug-likeness (QED) is 0.134. The number of anilines is 1. The zero-order valence-corrected chi connectivity index (χ0v) is 27.9. The number of nitrogens with zero attached hydrogens (tertiary/aromatic N) is 2. The second kappa shape index (κ2) is 12.9. The van der Waals surface area contributed by atoms with E-state index in [0.717, 1.165) is 57.8 Å². The molecule has 9 nitrogen and oxygen atoms in total. The molecular weight excluding hydrogens is 649 g/mol. The van der Waals surface area contributed by atoms with Gasteiger partial charge in [-0.3, -0.25) is 0 Å². The topological polar surface area (TPSA) is 131 Å². The fraction of sp³-hybridized carbons (Fsp3) is 0.345. The van der Waals surface area contributed by atoms with Crippen molar-refractivity contribution in [3.05, 3.63) is 63.0 Å². The highest BCUT2D eigenvalue weighted by Gasteiger charge is 2.27. The Bertz CT molecular complexity index is 1960. The Balaban J connectivity index is 1.58. The summed E-state index contributed by atoms with van der Waals surface area (Å²) < 4.78 is 77.9. The van der Waals surface area contributed by atoms with Crippen LogP contribution in [0.25, 0.3) is 26.4 Å². The van der Waals surface area contributed by atoms with Crippen LogP contribution < -0.4 is 14.2 Å². The molecule has 2 aromatic heterocycles. The van der Waals surface area contributed by atoms with Gasteiger partial charge < -0.3 is 18.7 Å². The number of rotatable bonds is 12. The van der Waals surface area contributed by atoms with Gasteiger partial charge in [-0.25, -0.2) is 16.8 Å². The molecule has 0 saturated carbocycles. The Hall–Kier alpha value is -2.46. The van der Waals surface area contributed by atoms with Crippen molar-refractivity contribution in [1.29, 1.82) is 0 Å². The van der Waals surface area contributed by atoms with Crippen LogP contribution in [0.2, 0.25) is 0 Å². The van der Waals surface area contributed by atoms with Gasteiger partial charge in [0.25, 0.3) is 5.01 Å². The van der Waals surface area contributed by atoms with Crippen molar-refractivity contribution in [2.45, 2.75) is 44.6 Å². The molecule has 1 aliphatic heterocycles. The van der Waals surface area contributed by atoms with Gasteiger partial charge in [0.1, 0.15) is 15.1 Å². The number of thioether (sulfide) groups is 1. The first-order valence-electron chi connectivity index (χ1n) is 13.6. The molecule has 0 atom stereocenters. The van der Waals surface area contributed by atoms with Gasteiger partial charge in [0.15, 0.2) is 6.54 Å². The Labute approximate surface area is 264 Å². The molecular formula is C29H31N2O7S5-. The highest BCUT2D eigenvalue weighted by Crippen LogP contribution is 2.47. The first-order valence-corrected chi connectivity index (χ1v) is 19.3. The average Bonchev–Trinajstić information content (AvgIpc) is 3.62. The molecule has 0 aliphatic carbocycles. The largest absolute Gasteiger partial charge is 0.748 e. The molecule has 5 rings (SSSR count). The number of thiophene rings is 1. The summed E-state index contributed by atoms with van der Waals surface area (Å²) >= 11 is 4.76. The predicted octanol–water partition coefficient (Wildman–Crippen LogP) is 5.84. The number of benzene rings is 2. The van der Waals surface area contributed by atoms with E-state index in [9.17, 15) is 25.9 Å². The number of aryl methyl sites for hydroxylation is 2. The fourth-order valence-electron chi connectivity index (χ4n) is 5.08. The SMILES string of the molecule is CCC(=Cc1sc2cc(OC)c3ccsc3c2[n+]1CCCS(=O)(=O)[O-])C=C1Sc2ccc(C)cc2N1CCCS(=O)(=O)[O-]. The minimum absolute atomic E-state index is 0.186. The molecule has 0 fully saturated rings. The lowest BCUT2D eigenvalue weighted by atomic mass is 10.1. The summed E-state index contributed by atoms with van der Waals surface area (Å²) in [6, 6.07) is 10.1. The molecule has 0 saturated heterocycles. The number of allylic oxidation sites excluding steroid dienone is 2. The number of methoxy groups -OCH3 is 1. The lowest BCUT2D eigenvalue weighted by molar-refractivity contribution is -0.667. The highest BCUT2D eigenvalue weighted by molar-refractivity contribution is 8.03. The molecule has 0 spiro atoms. The van der Waals surface area contributed by atoms with Crippen molar-refractivity contribution in [2.75, 3.05) is 30.1 Å². The second-order valence-electron chi connectivity index (χ2n) is 10.2. The maximum atomic E-state index is 11.4.